The summed E-state index contributed by atoms with van der Waals surface area (Å²) in [4.78, 5) is 0. The van der Waals surface area contributed by atoms with Crippen molar-refractivity contribution >= 4 is 9.53 Å². The SMILES string of the molecule is CO[SiH](OC)OC.FC(F)(F)C(F)(F)C(F)(F)C(F)(F)C(F)(F)C(F)(F)F. The maximum atomic E-state index is 12.3. The molecule has 0 spiro atoms. The van der Waals surface area contributed by atoms with Gasteiger partial charge in [0.05, 0.1) is 0 Å². The van der Waals surface area contributed by atoms with E-state index in [1.165, 1.54) is 0 Å². The molecule has 0 aliphatic carbocycles. The Kier molecular flexibility index (Phi) is 9.07. The van der Waals surface area contributed by atoms with Crippen molar-refractivity contribution in [1.82, 2.24) is 0 Å². The third kappa shape index (κ3) is 5.34. The van der Waals surface area contributed by atoms with E-state index in [2.05, 4.69) is 0 Å². The Morgan fingerprint density at radius 2 is 0.593 bits per heavy atom. The van der Waals surface area contributed by atoms with Gasteiger partial charge in [-0.1, -0.05) is 0 Å². The molecular weight excluding hydrogens is 450 g/mol. The van der Waals surface area contributed by atoms with Crippen molar-refractivity contribution in [3.63, 3.8) is 0 Å². The highest BCUT2D eigenvalue weighted by atomic mass is 28.3. The molecule has 0 fully saturated rings. The summed E-state index contributed by atoms with van der Waals surface area (Å²) in [5.41, 5.74) is 0. The lowest BCUT2D eigenvalue weighted by Crippen LogP contribution is -2.69. The van der Waals surface area contributed by atoms with Gasteiger partial charge in [0.1, 0.15) is 0 Å². The molecule has 0 aliphatic heterocycles. The molecule has 0 atom stereocenters. The lowest BCUT2D eigenvalue weighted by atomic mass is 9.98. The first-order chi connectivity index (χ1) is 11.6. The van der Waals surface area contributed by atoms with Crippen molar-refractivity contribution in [2.75, 3.05) is 21.3 Å². The molecule has 0 heterocycles. The van der Waals surface area contributed by atoms with Crippen molar-refractivity contribution in [2.45, 2.75) is 36.0 Å². The van der Waals surface area contributed by atoms with Crippen LogP contribution in [0.15, 0.2) is 0 Å². The first-order valence-electron chi connectivity index (χ1n) is 5.83. The van der Waals surface area contributed by atoms with E-state index in [4.69, 9.17) is 13.3 Å². The molecule has 0 unspecified atom stereocenters. The fourth-order valence-corrected chi connectivity index (χ4v) is 1.62. The molecule has 0 bridgehead atoms. The van der Waals surface area contributed by atoms with E-state index in [0.29, 0.717) is 0 Å². The second-order valence-corrected chi connectivity index (χ2v) is 6.28. The zero-order valence-electron chi connectivity index (χ0n) is 13.1. The normalized spacial score (nSPS) is 14.9. The molecule has 0 amide bonds. The number of halogens is 14. The third-order valence-electron chi connectivity index (χ3n) is 2.47. The smallest absolute Gasteiger partial charge is 0.379 e. The summed E-state index contributed by atoms with van der Waals surface area (Å²) >= 11 is 0. The monoisotopic (exact) mass is 460 g/mol. The van der Waals surface area contributed by atoms with E-state index in [0.717, 1.165) is 0 Å². The molecular formula is C9H10F14O3Si. The van der Waals surface area contributed by atoms with Crippen LogP contribution in [0.4, 0.5) is 61.5 Å². The van der Waals surface area contributed by atoms with Crippen LogP contribution >= 0.6 is 0 Å². The lowest BCUT2D eigenvalue weighted by molar-refractivity contribution is -0.451. The van der Waals surface area contributed by atoms with Crippen LogP contribution in [0, 0.1) is 0 Å². The Morgan fingerprint density at radius 3 is 0.667 bits per heavy atom. The summed E-state index contributed by atoms with van der Waals surface area (Å²) in [6.45, 7) is 0. The summed E-state index contributed by atoms with van der Waals surface area (Å²) in [6.07, 6.45) is -15.0. The Labute approximate surface area is 143 Å². The van der Waals surface area contributed by atoms with Gasteiger partial charge in [-0.15, -0.1) is 0 Å². The van der Waals surface area contributed by atoms with Crippen LogP contribution in [0.3, 0.4) is 0 Å². The standard InChI is InChI=1S/C6F14.C3H10O3Si/c7-1(8,3(11,12)5(15,16)17)2(9,10)4(13,14)6(18,19)20;1-4-7(5-2)6-3/h;7H,1-3H3. The average molecular weight is 460 g/mol. The van der Waals surface area contributed by atoms with E-state index in [-0.39, 0.29) is 0 Å². The number of alkyl halides is 14. The average Bonchev–Trinajstić information content (AvgIpc) is 2.46. The minimum absolute atomic E-state index is 1.57. The predicted molar refractivity (Wildman–Crippen MR) is 60.1 cm³/mol. The van der Waals surface area contributed by atoms with Crippen LogP contribution in [-0.4, -0.2) is 66.9 Å². The number of rotatable bonds is 6. The quantitative estimate of drug-likeness (QED) is 0.437. The summed E-state index contributed by atoms with van der Waals surface area (Å²) in [5, 5.41) is 0. The molecule has 0 aliphatic rings. The van der Waals surface area contributed by atoms with E-state index < -0.39 is 45.6 Å². The fourth-order valence-electron chi connectivity index (χ4n) is 1.04. The summed E-state index contributed by atoms with van der Waals surface area (Å²) in [6, 6.07) is 0. The minimum atomic E-state index is -8.04. The molecule has 0 saturated carbocycles. The first-order valence-corrected chi connectivity index (χ1v) is 7.24. The zero-order valence-corrected chi connectivity index (χ0v) is 14.2. The number of hydrogen-bond acceptors (Lipinski definition) is 3. The van der Waals surface area contributed by atoms with Crippen molar-refractivity contribution in [3.8, 4) is 0 Å². The van der Waals surface area contributed by atoms with E-state index in [9.17, 15) is 61.5 Å². The van der Waals surface area contributed by atoms with Crippen molar-refractivity contribution < 1.29 is 74.7 Å². The van der Waals surface area contributed by atoms with Crippen LogP contribution in [0.2, 0.25) is 0 Å². The third-order valence-corrected chi connectivity index (χ3v) is 3.63. The highest BCUT2D eigenvalue weighted by molar-refractivity contribution is 6.36. The zero-order chi connectivity index (χ0) is 22.7. The van der Waals surface area contributed by atoms with Gasteiger partial charge in [-0.25, -0.2) is 0 Å². The fraction of sp³-hybridized carbons (Fsp3) is 1.00. The maximum Gasteiger partial charge on any atom is 0.483 e. The Balaban J connectivity index is 0. The van der Waals surface area contributed by atoms with Crippen LogP contribution in [-0.2, 0) is 13.3 Å². The van der Waals surface area contributed by atoms with Crippen LogP contribution in [0.25, 0.3) is 0 Å². The van der Waals surface area contributed by atoms with Gasteiger partial charge in [0.25, 0.3) is 0 Å². The molecule has 0 aromatic carbocycles. The molecule has 18 heteroatoms. The highest BCUT2D eigenvalue weighted by Gasteiger charge is 2.91. The molecule has 166 valence electrons. The van der Waals surface area contributed by atoms with Gasteiger partial charge >= 0.3 is 45.6 Å². The van der Waals surface area contributed by atoms with E-state index in [1.807, 2.05) is 0 Å². The van der Waals surface area contributed by atoms with Gasteiger partial charge < -0.3 is 13.3 Å². The maximum absolute atomic E-state index is 12.3. The molecule has 0 radical (unpaired) electrons. The molecule has 0 N–H and O–H groups in total. The molecule has 0 aromatic rings. The van der Waals surface area contributed by atoms with Gasteiger partial charge in [-0.3, -0.25) is 0 Å². The first kappa shape index (κ1) is 28.3. The van der Waals surface area contributed by atoms with Gasteiger partial charge in [0, 0.05) is 21.3 Å². The topological polar surface area (TPSA) is 27.7 Å². The van der Waals surface area contributed by atoms with Crippen molar-refractivity contribution in [1.29, 1.82) is 0 Å². The van der Waals surface area contributed by atoms with Gasteiger partial charge in [0.15, 0.2) is 0 Å². The molecule has 0 aromatic heterocycles. The minimum Gasteiger partial charge on any atom is -0.379 e. The van der Waals surface area contributed by atoms with Crippen LogP contribution < -0.4 is 0 Å². The molecule has 0 saturated heterocycles. The largest absolute Gasteiger partial charge is 0.483 e. The highest BCUT2D eigenvalue weighted by Crippen LogP contribution is 2.60. The second kappa shape index (κ2) is 8.64. The number of hydrogen-bond donors (Lipinski definition) is 0. The Hall–Kier alpha value is -0.883. The summed E-state index contributed by atoms with van der Waals surface area (Å²) in [7, 11) is 3.05. The summed E-state index contributed by atoms with van der Waals surface area (Å²) < 4.78 is 180. The summed E-state index contributed by atoms with van der Waals surface area (Å²) in [5.74, 6) is -31.7. The molecule has 0 rings (SSSR count). The van der Waals surface area contributed by atoms with E-state index >= 15 is 0 Å². The molecule has 27 heavy (non-hydrogen) atoms. The van der Waals surface area contributed by atoms with Crippen LogP contribution in [0.5, 0.6) is 0 Å². The van der Waals surface area contributed by atoms with Gasteiger partial charge in [-0.05, 0) is 0 Å². The Bertz CT molecular complexity index is 414. The van der Waals surface area contributed by atoms with Gasteiger partial charge in [-0.2, -0.15) is 61.5 Å². The lowest BCUT2D eigenvalue weighted by Gasteiger charge is -2.37. The van der Waals surface area contributed by atoms with Gasteiger partial charge in [0.2, 0.25) is 0 Å². The second-order valence-electron chi connectivity index (χ2n) is 4.29. The van der Waals surface area contributed by atoms with Crippen LogP contribution in [0.1, 0.15) is 0 Å². The van der Waals surface area contributed by atoms with Crippen molar-refractivity contribution in [2.24, 2.45) is 0 Å². The molecule has 3 nitrogen and oxygen atoms in total. The Morgan fingerprint density at radius 1 is 0.407 bits per heavy atom. The predicted octanol–water partition coefficient (Wildman–Crippen LogP) is 4.30. The van der Waals surface area contributed by atoms with E-state index in [1.54, 1.807) is 21.3 Å². The van der Waals surface area contributed by atoms with Crippen molar-refractivity contribution in [3.05, 3.63) is 0 Å².